The molecule has 4 rings (SSSR count). The van der Waals surface area contributed by atoms with Gasteiger partial charge in [-0.2, -0.15) is 5.10 Å². The summed E-state index contributed by atoms with van der Waals surface area (Å²) in [6.45, 7) is 9.86. The maximum Gasteiger partial charge on any atom is 0.328 e. The molecule has 2 unspecified atom stereocenters. The van der Waals surface area contributed by atoms with E-state index in [1.807, 2.05) is 6.92 Å². The van der Waals surface area contributed by atoms with Gasteiger partial charge in [0.1, 0.15) is 33.7 Å². The number of fused-ring (bicyclic) bond motifs is 1. The van der Waals surface area contributed by atoms with Crippen molar-refractivity contribution < 1.29 is 33.7 Å². The molecule has 3 N–H and O–H groups in total. The topological polar surface area (TPSA) is 129 Å². The first-order valence-electron chi connectivity index (χ1n) is 13.6. The van der Waals surface area contributed by atoms with Crippen molar-refractivity contribution in [2.45, 2.75) is 71.6 Å². The van der Waals surface area contributed by atoms with Crippen LogP contribution in [0.1, 0.15) is 63.6 Å². The van der Waals surface area contributed by atoms with E-state index < -0.39 is 41.7 Å². The second-order valence-corrected chi connectivity index (χ2v) is 12.2. The van der Waals surface area contributed by atoms with Crippen LogP contribution >= 0.6 is 11.3 Å². The van der Waals surface area contributed by atoms with E-state index in [2.05, 4.69) is 10.4 Å². The van der Waals surface area contributed by atoms with Crippen molar-refractivity contribution in [2.75, 3.05) is 25.2 Å². The van der Waals surface area contributed by atoms with Crippen LogP contribution in [0, 0.1) is 12.7 Å². The number of amides is 3. The summed E-state index contributed by atoms with van der Waals surface area (Å²) >= 11 is 1.25. The van der Waals surface area contributed by atoms with Gasteiger partial charge >= 0.3 is 6.03 Å². The van der Waals surface area contributed by atoms with E-state index in [0.717, 1.165) is 4.90 Å². The average Bonchev–Trinajstić information content (AvgIpc) is 3.55. The zero-order chi connectivity index (χ0) is 30.9. The van der Waals surface area contributed by atoms with Gasteiger partial charge in [-0.1, -0.05) is 11.3 Å². The third kappa shape index (κ3) is 6.43. The van der Waals surface area contributed by atoms with E-state index in [4.69, 9.17) is 9.47 Å². The second-order valence-electron chi connectivity index (χ2n) is 11.2. The molecule has 0 bridgehead atoms. The number of methoxy groups -OCH3 is 1. The summed E-state index contributed by atoms with van der Waals surface area (Å²) in [5, 5.41) is 30.3. The summed E-state index contributed by atoms with van der Waals surface area (Å²) in [6.07, 6.45) is 1.01. The van der Waals surface area contributed by atoms with Crippen molar-refractivity contribution in [2.24, 2.45) is 0 Å². The van der Waals surface area contributed by atoms with Gasteiger partial charge in [-0.25, -0.2) is 13.9 Å². The van der Waals surface area contributed by atoms with E-state index in [1.165, 1.54) is 41.5 Å². The standard InChI is InChI=1S/C29H38FN5O6S/c1-16(2)32-24(36)18(4)35-25(37)23-17(3)26(34-12-8-11-31-34)42-27(23)33(28(35)38)14-22(41-15-29(5,6)39)20-13-19(30)9-10-21(20)40-7/h8-13,16,18,22,25,37,39H,14-15H2,1-7H3,(H,32,36)/t18?,22-,25?/m0/s1. The lowest BCUT2D eigenvalue weighted by molar-refractivity contribution is -0.129. The van der Waals surface area contributed by atoms with E-state index in [9.17, 15) is 24.2 Å². The number of aromatic nitrogens is 2. The van der Waals surface area contributed by atoms with Gasteiger partial charge in [0.2, 0.25) is 5.91 Å². The van der Waals surface area contributed by atoms with Crippen LogP contribution < -0.4 is 15.0 Å². The van der Waals surface area contributed by atoms with Gasteiger partial charge in [0.15, 0.2) is 6.23 Å². The molecule has 0 fully saturated rings. The first kappa shape index (κ1) is 31.4. The van der Waals surface area contributed by atoms with E-state index in [0.29, 0.717) is 32.4 Å². The first-order valence-corrected chi connectivity index (χ1v) is 14.4. The summed E-state index contributed by atoms with van der Waals surface area (Å²) in [4.78, 5) is 29.8. The van der Waals surface area contributed by atoms with Gasteiger partial charge < -0.3 is 25.0 Å². The maximum atomic E-state index is 14.5. The smallest absolute Gasteiger partial charge is 0.328 e. The van der Waals surface area contributed by atoms with Crippen molar-refractivity contribution in [1.29, 1.82) is 0 Å². The molecular formula is C29H38FN5O6S. The summed E-state index contributed by atoms with van der Waals surface area (Å²) in [5.74, 6) is -0.622. The lowest BCUT2D eigenvalue weighted by Crippen LogP contribution is -2.57. The molecule has 13 heteroatoms. The van der Waals surface area contributed by atoms with Crippen LogP contribution in [-0.2, 0) is 9.53 Å². The molecule has 42 heavy (non-hydrogen) atoms. The molecule has 2 aromatic heterocycles. The Morgan fingerprint density at radius 3 is 2.57 bits per heavy atom. The number of carbonyl (C=O) groups is 2. The average molecular weight is 604 g/mol. The minimum atomic E-state index is -1.42. The molecule has 0 spiro atoms. The molecule has 1 aromatic carbocycles. The predicted molar refractivity (Wildman–Crippen MR) is 156 cm³/mol. The Kier molecular flexibility index (Phi) is 9.26. The van der Waals surface area contributed by atoms with E-state index in [-0.39, 0.29) is 19.2 Å². The highest BCUT2D eigenvalue weighted by atomic mass is 32.1. The van der Waals surface area contributed by atoms with Crippen molar-refractivity contribution in [3.05, 3.63) is 59.2 Å². The van der Waals surface area contributed by atoms with Gasteiger partial charge in [-0.3, -0.25) is 14.6 Å². The number of rotatable bonds is 11. The van der Waals surface area contributed by atoms with Gasteiger partial charge in [0, 0.05) is 29.6 Å². The van der Waals surface area contributed by atoms with Crippen molar-refractivity contribution in [3.8, 4) is 10.8 Å². The lowest BCUT2D eigenvalue weighted by Gasteiger charge is -2.42. The molecular weight excluding hydrogens is 565 g/mol. The monoisotopic (exact) mass is 603 g/mol. The minimum Gasteiger partial charge on any atom is -0.496 e. The largest absolute Gasteiger partial charge is 0.496 e. The summed E-state index contributed by atoms with van der Waals surface area (Å²) in [7, 11) is 1.44. The maximum absolute atomic E-state index is 14.5. The van der Waals surface area contributed by atoms with Crippen LogP contribution in [-0.4, -0.2) is 74.8 Å². The second kappa shape index (κ2) is 12.4. The fraction of sp³-hybridized carbons (Fsp3) is 0.483. The fourth-order valence-electron chi connectivity index (χ4n) is 4.82. The zero-order valence-electron chi connectivity index (χ0n) is 24.8. The van der Waals surface area contributed by atoms with Crippen molar-refractivity contribution >= 4 is 28.3 Å². The summed E-state index contributed by atoms with van der Waals surface area (Å²) in [5.41, 5.74) is 0.234. The van der Waals surface area contributed by atoms with Crippen LogP contribution in [0.3, 0.4) is 0 Å². The Morgan fingerprint density at radius 1 is 1.26 bits per heavy atom. The molecule has 3 amide bonds. The number of urea groups is 1. The predicted octanol–water partition coefficient (Wildman–Crippen LogP) is 4.06. The Balaban J connectivity index is 1.85. The van der Waals surface area contributed by atoms with Crippen molar-refractivity contribution in [3.63, 3.8) is 0 Å². The number of hydrogen-bond acceptors (Lipinski definition) is 8. The lowest BCUT2D eigenvalue weighted by atomic mass is 10.0. The quantitative estimate of drug-likeness (QED) is 0.301. The number of anilines is 1. The Morgan fingerprint density at radius 2 is 1.98 bits per heavy atom. The van der Waals surface area contributed by atoms with Gasteiger partial charge in [0.05, 0.1) is 25.9 Å². The Hall–Kier alpha value is -3.52. The fourth-order valence-corrected chi connectivity index (χ4v) is 6.10. The summed E-state index contributed by atoms with van der Waals surface area (Å²) < 4.78 is 27.8. The molecule has 3 atom stereocenters. The molecule has 228 valence electrons. The molecule has 0 saturated carbocycles. The molecule has 3 aromatic rings. The number of carbonyl (C=O) groups excluding carboxylic acids is 2. The number of halogens is 1. The van der Waals surface area contributed by atoms with Gasteiger partial charge in [-0.05, 0) is 71.4 Å². The Bertz CT molecular complexity index is 1420. The molecule has 0 aliphatic carbocycles. The number of thiophene rings is 1. The zero-order valence-corrected chi connectivity index (χ0v) is 25.6. The third-order valence-electron chi connectivity index (χ3n) is 6.83. The van der Waals surface area contributed by atoms with Crippen LogP contribution in [0.15, 0.2) is 36.7 Å². The summed E-state index contributed by atoms with van der Waals surface area (Å²) in [6, 6.07) is 3.90. The number of nitrogens with zero attached hydrogens (tertiary/aromatic N) is 4. The third-order valence-corrected chi connectivity index (χ3v) is 8.15. The Labute approximate surface area is 248 Å². The number of hydrogen-bond donors (Lipinski definition) is 3. The first-order chi connectivity index (χ1) is 19.7. The molecule has 1 aliphatic heterocycles. The minimum absolute atomic E-state index is 0.131. The number of ether oxygens (including phenoxy) is 2. The van der Waals surface area contributed by atoms with Gasteiger partial charge in [0.25, 0.3) is 0 Å². The van der Waals surface area contributed by atoms with Crippen LogP contribution in [0.25, 0.3) is 5.00 Å². The number of nitrogens with one attached hydrogen (secondary N) is 1. The van der Waals surface area contributed by atoms with Crippen LogP contribution in [0.2, 0.25) is 0 Å². The van der Waals surface area contributed by atoms with Crippen LogP contribution in [0.5, 0.6) is 5.75 Å². The van der Waals surface area contributed by atoms with E-state index in [1.54, 1.807) is 57.8 Å². The molecule has 1 aliphatic rings. The SMILES string of the molecule is COc1ccc(F)cc1[C@H](CN1C(=O)N(C(C)C(=O)NC(C)C)C(O)c2c1sc(-n1cccn1)c2C)OCC(C)(C)O. The number of aliphatic hydroxyl groups excluding tert-OH is 1. The highest BCUT2D eigenvalue weighted by Gasteiger charge is 2.45. The van der Waals surface area contributed by atoms with Gasteiger partial charge in [-0.15, -0.1) is 0 Å². The molecule has 0 radical (unpaired) electrons. The normalized spacial score (nSPS) is 16.9. The van der Waals surface area contributed by atoms with Crippen LogP contribution in [0.4, 0.5) is 14.2 Å². The van der Waals surface area contributed by atoms with Crippen molar-refractivity contribution in [1.82, 2.24) is 20.0 Å². The highest BCUT2D eigenvalue weighted by Crippen LogP contribution is 2.47. The number of benzene rings is 1. The molecule has 11 nitrogen and oxygen atoms in total. The molecule has 3 heterocycles. The van der Waals surface area contributed by atoms with E-state index >= 15 is 0 Å². The highest BCUT2D eigenvalue weighted by molar-refractivity contribution is 7.19. The molecule has 0 saturated heterocycles. The number of aliphatic hydroxyl groups is 2.